The highest BCUT2D eigenvalue weighted by molar-refractivity contribution is 7.15. The molecule has 6 heteroatoms. The van der Waals surface area contributed by atoms with Crippen molar-refractivity contribution in [3.63, 3.8) is 0 Å². The van der Waals surface area contributed by atoms with Crippen LogP contribution in [0.2, 0.25) is 0 Å². The van der Waals surface area contributed by atoms with E-state index in [0.717, 1.165) is 17.8 Å². The van der Waals surface area contributed by atoms with Gasteiger partial charge in [-0.3, -0.25) is 4.79 Å². The second-order valence-corrected chi connectivity index (χ2v) is 5.75. The van der Waals surface area contributed by atoms with Gasteiger partial charge in [0, 0.05) is 11.4 Å². The monoisotopic (exact) mass is 263 g/mol. The van der Waals surface area contributed by atoms with Crippen molar-refractivity contribution in [1.29, 1.82) is 0 Å². The van der Waals surface area contributed by atoms with Crippen LogP contribution in [0.3, 0.4) is 0 Å². The zero-order valence-corrected chi connectivity index (χ0v) is 10.8. The van der Waals surface area contributed by atoms with Crippen molar-refractivity contribution in [2.24, 2.45) is 0 Å². The van der Waals surface area contributed by atoms with Crippen LogP contribution in [-0.2, 0) is 11.3 Å². The summed E-state index contributed by atoms with van der Waals surface area (Å²) >= 11 is 1.63. The molecule has 3 heterocycles. The number of nitrogens with zero attached hydrogens (tertiary/aromatic N) is 3. The molecule has 1 unspecified atom stereocenters. The van der Waals surface area contributed by atoms with Gasteiger partial charge in [0.1, 0.15) is 11.7 Å². The van der Waals surface area contributed by atoms with E-state index in [9.17, 15) is 9.90 Å². The fraction of sp³-hybridized carbons (Fsp3) is 0.417. The molecule has 0 radical (unpaired) electrons. The van der Waals surface area contributed by atoms with E-state index in [2.05, 4.69) is 10.1 Å². The van der Waals surface area contributed by atoms with Crippen molar-refractivity contribution in [2.45, 2.75) is 32.2 Å². The van der Waals surface area contributed by atoms with E-state index in [1.807, 2.05) is 19.1 Å². The van der Waals surface area contributed by atoms with Gasteiger partial charge in [-0.05, 0) is 31.9 Å². The molecule has 0 bridgehead atoms. The summed E-state index contributed by atoms with van der Waals surface area (Å²) in [6.07, 6.45) is 1.49. The molecule has 1 N–H and O–H groups in total. The lowest BCUT2D eigenvalue weighted by Crippen LogP contribution is -2.22. The topological polar surface area (TPSA) is 68.0 Å². The molecule has 1 aliphatic rings. The average molecular weight is 263 g/mol. The van der Waals surface area contributed by atoms with Crippen molar-refractivity contribution in [1.82, 2.24) is 14.8 Å². The molecule has 0 fully saturated rings. The zero-order chi connectivity index (χ0) is 12.7. The van der Waals surface area contributed by atoms with Gasteiger partial charge >= 0.3 is 5.97 Å². The molecular formula is C12H13N3O2S. The Balaban J connectivity index is 2.03. The van der Waals surface area contributed by atoms with E-state index < -0.39 is 11.9 Å². The second kappa shape index (κ2) is 4.20. The van der Waals surface area contributed by atoms with Crippen LogP contribution in [0.15, 0.2) is 12.1 Å². The molecule has 1 aliphatic heterocycles. The molecule has 0 saturated heterocycles. The Kier molecular flexibility index (Phi) is 2.66. The fourth-order valence-electron chi connectivity index (χ4n) is 2.24. The quantitative estimate of drug-likeness (QED) is 0.902. The van der Waals surface area contributed by atoms with Gasteiger partial charge in [-0.15, -0.1) is 16.4 Å². The number of thiophene rings is 1. The normalized spacial score (nSPS) is 18.6. The van der Waals surface area contributed by atoms with Gasteiger partial charge < -0.3 is 5.11 Å². The maximum Gasteiger partial charge on any atom is 0.314 e. The molecule has 2 aromatic rings. The van der Waals surface area contributed by atoms with Crippen LogP contribution in [0.1, 0.15) is 29.5 Å². The summed E-state index contributed by atoms with van der Waals surface area (Å²) in [6.45, 7) is 2.79. The SMILES string of the molecule is Cc1ccc(-c2nc3n(n2)CCCC3C(=O)O)s1. The lowest BCUT2D eigenvalue weighted by molar-refractivity contribution is -0.139. The number of rotatable bonds is 2. The molecule has 1 atom stereocenters. The Bertz CT molecular complexity index is 602. The number of carboxylic acid groups (broad SMARTS) is 1. The lowest BCUT2D eigenvalue weighted by Gasteiger charge is -2.17. The molecule has 94 valence electrons. The third-order valence-corrected chi connectivity index (χ3v) is 4.13. The Hall–Kier alpha value is -1.69. The van der Waals surface area contributed by atoms with Gasteiger partial charge in [-0.1, -0.05) is 0 Å². The van der Waals surface area contributed by atoms with Gasteiger partial charge in [0.25, 0.3) is 0 Å². The van der Waals surface area contributed by atoms with Gasteiger partial charge in [0.05, 0.1) is 4.88 Å². The smallest absolute Gasteiger partial charge is 0.314 e. The van der Waals surface area contributed by atoms with Gasteiger partial charge in [-0.2, -0.15) is 0 Å². The first-order valence-electron chi connectivity index (χ1n) is 5.89. The predicted octanol–water partition coefficient (Wildman–Crippen LogP) is 2.28. The molecule has 2 aromatic heterocycles. The van der Waals surface area contributed by atoms with E-state index in [0.29, 0.717) is 18.1 Å². The number of carbonyl (C=O) groups is 1. The van der Waals surface area contributed by atoms with E-state index in [4.69, 9.17) is 0 Å². The van der Waals surface area contributed by atoms with Gasteiger partial charge in [0.15, 0.2) is 5.82 Å². The molecule has 0 amide bonds. The van der Waals surface area contributed by atoms with E-state index in [1.54, 1.807) is 16.0 Å². The van der Waals surface area contributed by atoms with Crippen LogP contribution in [0.4, 0.5) is 0 Å². The average Bonchev–Trinajstić information content (AvgIpc) is 2.93. The molecular weight excluding hydrogens is 250 g/mol. The number of hydrogen-bond donors (Lipinski definition) is 1. The van der Waals surface area contributed by atoms with Crippen LogP contribution in [0, 0.1) is 6.92 Å². The van der Waals surface area contributed by atoms with Crippen LogP contribution in [-0.4, -0.2) is 25.8 Å². The van der Waals surface area contributed by atoms with Crippen LogP contribution in [0.25, 0.3) is 10.7 Å². The summed E-state index contributed by atoms with van der Waals surface area (Å²) in [4.78, 5) is 17.8. The minimum atomic E-state index is -0.808. The first kappa shape index (κ1) is 11.4. The third-order valence-electron chi connectivity index (χ3n) is 3.13. The van der Waals surface area contributed by atoms with Crippen molar-refractivity contribution in [3.05, 3.63) is 22.8 Å². The number of aliphatic carboxylic acids is 1. The van der Waals surface area contributed by atoms with Crippen molar-refractivity contribution < 1.29 is 9.90 Å². The molecule has 0 spiro atoms. The summed E-state index contributed by atoms with van der Waals surface area (Å²) in [6, 6.07) is 4.01. The van der Waals surface area contributed by atoms with Crippen molar-refractivity contribution in [2.75, 3.05) is 0 Å². The fourth-order valence-corrected chi connectivity index (χ4v) is 3.04. The third kappa shape index (κ3) is 1.82. The largest absolute Gasteiger partial charge is 0.481 e. The maximum atomic E-state index is 11.2. The first-order valence-corrected chi connectivity index (χ1v) is 6.71. The van der Waals surface area contributed by atoms with Crippen LogP contribution in [0.5, 0.6) is 0 Å². The minimum Gasteiger partial charge on any atom is -0.481 e. The minimum absolute atomic E-state index is 0.513. The molecule has 18 heavy (non-hydrogen) atoms. The van der Waals surface area contributed by atoms with E-state index in [-0.39, 0.29) is 0 Å². The van der Waals surface area contributed by atoms with Gasteiger partial charge in [-0.25, -0.2) is 9.67 Å². The number of carboxylic acids is 1. The van der Waals surface area contributed by atoms with Crippen LogP contribution >= 0.6 is 11.3 Å². The number of aryl methyl sites for hydroxylation is 2. The van der Waals surface area contributed by atoms with E-state index >= 15 is 0 Å². The zero-order valence-electron chi connectivity index (χ0n) is 9.96. The Labute approximate surface area is 108 Å². The van der Waals surface area contributed by atoms with E-state index in [1.165, 1.54) is 4.88 Å². The Morgan fingerprint density at radius 3 is 3.06 bits per heavy atom. The summed E-state index contributed by atoms with van der Waals surface area (Å²) < 4.78 is 1.74. The summed E-state index contributed by atoms with van der Waals surface area (Å²) in [5.41, 5.74) is 0. The van der Waals surface area contributed by atoms with Gasteiger partial charge in [0.2, 0.25) is 0 Å². The highest BCUT2D eigenvalue weighted by Gasteiger charge is 2.30. The molecule has 3 rings (SSSR count). The molecule has 0 aromatic carbocycles. The molecule has 0 aliphatic carbocycles. The summed E-state index contributed by atoms with van der Waals surface area (Å²) in [5.74, 6) is -0.0793. The highest BCUT2D eigenvalue weighted by atomic mass is 32.1. The molecule has 5 nitrogen and oxygen atoms in total. The Morgan fingerprint density at radius 1 is 1.56 bits per heavy atom. The number of fused-ring (bicyclic) bond motifs is 1. The number of aromatic nitrogens is 3. The maximum absolute atomic E-state index is 11.2. The predicted molar refractivity (Wildman–Crippen MR) is 67.7 cm³/mol. The summed E-state index contributed by atoms with van der Waals surface area (Å²) in [7, 11) is 0. The Morgan fingerprint density at radius 2 is 2.39 bits per heavy atom. The number of hydrogen-bond acceptors (Lipinski definition) is 4. The first-order chi connectivity index (χ1) is 8.65. The van der Waals surface area contributed by atoms with Crippen LogP contribution < -0.4 is 0 Å². The second-order valence-electron chi connectivity index (χ2n) is 4.46. The highest BCUT2D eigenvalue weighted by Crippen LogP contribution is 2.30. The molecule has 0 saturated carbocycles. The standard InChI is InChI=1S/C12H13N3O2S/c1-7-4-5-9(18-7)10-13-11-8(12(16)17)3-2-6-15(11)14-10/h4-5,8H,2-3,6H2,1H3,(H,16,17). The lowest BCUT2D eigenvalue weighted by atomic mass is 10.00. The van der Waals surface area contributed by atoms with Crippen molar-refractivity contribution in [3.8, 4) is 10.7 Å². The summed E-state index contributed by atoms with van der Waals surface area (Å²) in [5, 5.41) is 13.6. The van der Waals surface area contributed by atoms with Crippen molar-refractivity contribution >= 4 is 17.3 Å².